The van der Waals surface area contributed by atoms with E-state index in [4.69, 9.17) is 10.5 Å². The number of methoxy groups -OCH3 is 1. The number of aromatic nitrogens is 3. The van der Waals surface area contributed by atoms with Crippen molar-refractivity contribution in [3.05, 3.63) is 85.3 Å². The van der Waals surface area contributed by atoms with Gasteiger partial charge in [-0.05, 0) is 29.3 Å². The van der Waals surface area contributed by atoms with Crippen molar-refractivity contribution in [2.24, 2.45) is 5.73 Å². The first kappa shape index (κ1) is 19.3. The summed E-state index contributed by atoms with van der Waals surface area (Å²) in [5, 5.41) is 9.82. The first-order valence-corrected chi connectivity index (χ1v) is 9.64. The largest absolute Gasteiger partial charge is 0.466 e. The van der Waals surface area contributed by atoms with Gasteiger partial charge in [-0.2, -0.15) is 5.26 Å². The van der Waals surface area contributed by atoms with Crippen LogP contribution in [0.1, 0.15) is 17.0 Å². The molecule has 148 valence electrons. The smallest absolute Gasteiger partial charge is 0.337 e. The molecule has 4 rings (SSSR count). The van der Waals surface area contributed by atoms with Gasteiger partial charge in [0.2, 0.25) is 0 Å². The summed E-state index contributed by atoms with van der Waals surface area (Å²) in [6.07, 6.45) is 8.06. The van der Waals surface area contributed by atoms with E-state index >= 15 is 0 Å². The van der Waals surface area contributed by atoms with Gasteiger partial charge in [0.15, 0.2) is 0 Å². The van der Waals surface area contributed by atoms with Crippen LogP contribution in [-0.2, 0) is 9.53 Å². The summed E-state index contributed by atoms with van der Waals surface area (Å²) in [5.74, 6) is -1.45. The third-order valence-corrected chi connectivity index (χ3v) is 5.78. The van der Waals surface area contributed by atoms with Gasteiger partial charge >= 0.3 is 5.97 Å². The topological polar surface area (TPSA) is 124 Å². The van der Waals surface area contributed by atoms with Gasteiger partial charge in [-0.3, -0.25) is 19.3 Å². The molecule has 4 heterocycles. The Morgan fingerprint density at radius 1 is 1.30 bits per heavy atom. The Labute approximate surface area is 174 Å². The highest BCUT2D eigenvalue weighted by molar-refractivity contribution is 7.07. The maximum atomic E-state index is 13.1. The average Bonchev–Trinajstić information content (AvgIpc) is 3.10. The molecule has 3 aromatic rings. The number of nitriles is 1. The quantitative estimate of drug-likeness (QED) is 0.608. The molecule has 9 heteroatoms. The summed E-state index contributed by atoms with van der Waals surface area (Å²) in [4.78, 5) is 34.0. The number of esters is 1. The highest BCUT2D eigenvalue weighted by Crippen LogP contribution is 2.35. The van der Waals surface area contributed by atoms with E-state index in [-0.39, 0.29) is 17.0 Å². The molecule has 3 aromatic heterocycles. The van der Waals surface area contributed by atoms with Gasteiger partial charge in [-0.15, -0.1) is 11.3 Å². The molecule has 0 amide bonds. The van der Waals surface area contributed by atoms with Crippen molar-refractivity contribution in [1.29, 1.82) is 5.26 Å². The Bertz CT molecular complexity index is 1380. The number of rotatable bonds is 3. The van der Waals surface area contributed by atoms with Gasteiger partial charge in [0.1, 0.15) is 10.5 Å². The van der Waals surface area contributed by atoms with Gasteiger partial charge in [0.25, 0.3) is 5.56 Å². The number of hydrogen-bond donors (Lipinski definition) is 1. The molecule has 0 aromatic carbocycles. The Balaban J connectivity index is 2.12. The van der Waals surface area contributed by atoms with Crippen molar-refractivity contribution >= 4 is 34.8 Å². The molecule has 0 bridgehead atoms. The molecule has 0 saturated heterocycles. The van der Waals surface area contributed by atoms with E-state index in [1.807, 2.05) is 0 Å². The van der Waals surface area contributed by atoms with Crippen LogP contribution >= 0.6 is 11.3 Å². The lowest BCUT2D eigenvalue weighted by atomic mass is 9.84. The van der Waals surface area contributed by atoms with E-state index < -0.39 is 17.4 Å². The van der Waals surface area contributed by atoms with Gasteiger partial charge < -0.3 is 10.5 Å². The molecule has 1 atom stereocenters. The van der Waals surface area contributed by atoms with Crippen LogP contribution in [0.15, 0.2) is 59.4 Å². The maximum absolute atomic E-state index is 13.1. The number of carbonyl (C=O) groups excluding carboxylic acids is 1. The zero-order valence-corrected chi connectivity index (χ0v) is 16.6. The average molecular weight is 417 g/mol. The van der Waals surface area contributed by atoms with Crippen LogP contribution < -0.4 is 20.5 Å². The fourth-order valence-corrected chi connectivity index (χ4v) is 4.51. The molecule has 2 N–H and O–H groups in total. The molecule has 8 nitrogen and oxygen atoms in total. The summed E-state index contributed by atoms with van der Waals surface area (Å²) < 4.78 is 6.87. The lowest BCUT2D eigenvalue weighted by molar-refractivity contribution is -0.134. The summed E-state index contributed by atoms with van der Waals surface area (Å²) >= 11 is 1.11. The van der Waals surface area contributed by atoms with Crippen LogP contribution in [0, 0.1) is 11.3 Å². The molecular formula is C21H15N5O3S. The van der Waals surface area contributed by atoms with Gasteiger partial charge in [-0.1, -0.05) is 12.1 Å². The monoisotopic (exact) mass is 417 g/mol. The third-order valence-electron chi connectivity index (χ3n) is 4.67. The molecule has 0 radical (unpaired) electrons. The van der Waals surface area contributed by atoms with E-state index in [9.17, 15) is 14.9 Å². The van der Waals surface area contributed by atoms with E-state index in [1.165, 1.54) is 11.7 Å². The highest BCUT2D eigenvalue weighted by Gasteiger charge is 2.36. The molecule has 30 heavy (non-hydrogen) atoms. The third kappa shape index (κ3) is 3.09. The molecular weight excluding hydrogens is 402 g/mol. The molecule has 1 aliphatic heterocycles. The Kier molecular flexibility index (Phi) is 5.00. The van der Waals surface area contributed by atoms with Gasteiger partial charge in [0, 0.05) is 24.8 Å². The van der Waals surface area contributed by atoms with E-state index in [0.717, 1.165) is 16.9 Å². The highest BCUT2D eigenvalue weighted by atomic mass is 32.1. The molecule has 1 aliphatic rings. The Hall–Kier alpha value is -4.03. The van der Waals surface area contributed by atoms with Crippen molar-refractivity contribution in [2.75, 3.05) is 7.11 Å². The van der Waals surface area contributed by atoms with Crippen molar-refractivity contribution < 1.29 is 9.53 Å². The molecule has 0 saturated carbocycles. The number of fused-ring (bicyclic) bond motifs is 1. The number of pyridine rings is 2. The molecule has 0 unspecified atom stereocenters. The minimum absolute atomic E-state index is 0.0129. The molecule has 0 fully saturated rings. The second kappa shape index (κ2) is 7.77. The predicted octanol–water partition coefficient (Wildman–Crippen LogP) is 0.301. The van der Waals surface area contributed by atoms with Crippen LogP contribution in [0.3, 0.4) is 0 Å². The minimum atomic E-state index is -0.791. The van der Waals surface area contributed by atoms with Gasteiger partial charge in [-0.25, -0.2) is 4.79 Å². The van der Waals surface area contributed by atoms with Crippen molar-refractivity contribution in [1.82, 2.24) is 14.5 Å². The second-order valence-corrected chi connectivity index (χ2v) is 7.41. The van der Waals surface area contributed by atoms with Gasteiger partial charge in [0.05, 0.1) is 34.8 Å². The normalized spacial score (nSPS) is 16.2. The first-order valence-electron chi connectivity index (χ1n) is 8.83. The van der Waals surface area contributed by atoms with Crippen molar-refractivity contribution in [3.63, 3.8) is 0 Å². The van der Waals surface area contributed by atoms with Crippen molar-refractivity contribution in [2.45, 2.75) is 5.92 Å². The zero-order chi connectivity index (χ0) is 21.3. The fourth-order valence-electron chi connectivity index (χ4n) is 3.35. The zero-order valence-electron chi connectivity index (χ0n) is 15.8. The number of nitrogens with two attached hydrogens (primary N) is 1. The molecule has 0 spiro atoms. The standard InChI is InChI=1S/C21H15N5O3S/c1-29-21(28)17-16(13-5-3-7-25-11-13)14(9-22)18(23)26-19(27)15(30-20(17)26)8-12-4-2-6-24-10-12/h2-8,10-11,16H,23H2,1H3/b15-8-/t16-/m0/s1. The SMILES string of the molecule is COC(=O)C1=c2s/c(=C\c3cccnc3)c(=O)n2C(N)=C(C#N)[C@@H]1c1cccnc1. The Morgan fingerprint density at radius 3 is 2.63 bits per heavy atom. The lowest BCUT2D eigenvalue weighted by Gasteiger charge is -2.24. The number of nitrogens with zero attached hydrogens (tertiary/aromatic N) is 4. The first-order chi connectivity index (χ1) is 14.6. The van der Waals surface area contributed by atoms with Crippen LogP contribution in [0.25, 0.3) is 17.5 Å². The summed E-state index contributed by atoms with van der Waals surface area (Å²) in [6.45, 7) is 0. The number of ether oxygens (including phenoxy) is 1. The van der Waals surface area contributed by atoms with Crippen molar-refractivity contribution in [3.8, 4) is 6.07 Å². The van der Waals surface area contributed by atoms with E-state index in [1.54, 1.807) is 55.1 Å². The lowest BCUT2D eigenvalue weighted by Crippen LogP contribution is -2.40. The van der Waals surface area contributed by atoms with Crippen LogP contribution in [0.5, 0.6) is 0 Å². The number of allylic oxidation sites excluding steroid dienone is 1. The number of hydrogen-bond acceptors (Lipinski definition) is 8. The van der Waals surface area contributed by atoms with Crippen LogP contribution in [-0.4, -0.2) is 27.6 Å². The number of thiazole rings is 1. The van der Waals surface area contributed by atoms with Crippen LogP contribution in [0.2, 0.25) is 0 Å². The van der Waals surface area contributed by atoms with Crippen LogP contribution in [0.4, 0.5) is 0 Å². The predicted molar refractivity (Wildman–Crippen MR) is 111 cm³/mol. The van der Waals surface area contributed by atoms with E-state index in [0.29, 0.717) is 14.8 Å². The second-order valence-electron chi connectivity index (χ2n) is 6.38. The maximum Gasteiger partial charge on any atom is 0.337 e. The summed E-state index contributed by atoms with van der Waals surface area (Å²) in [7, 11) is 1.25. The minimum Gasteiger partial charge on any atom is -0.466 e. The molecule has 0 aliphatic carbocycles. The fraction of sp³-hybridized carbons (Fsp3) is 0.0952. The Morgan fingerprint density at radius 2 is 2.03 bits per heavy atom. The van der Waals surface area contributed by atoms with E-state index in [2.05, 4.69) is 16.0 Å². The number of carbonyl (C=O) groups is 1. The summed E-state index contributed by atoms with van der Waals surface area (Å²) in [6, 6.07) is 9.07. The summed E-state index contributed by atoms with van der Waals surface area (Å²) in [5.41, 5.74) is 7.41.